The second-order valence-electron chi connectivity index (χ2n) is 5.43. The number of benzene rings is 2. The van der Waals surface area contributed by atoms with Gasteiger partial charge in [0.25, 0.3) is 5.91 Å². The first-order valence-electron chi connectivity index (χ1n) is 7.55. The van der Waals surface area contributed by atoms with Crippen LogP contribution in [-0.4, -0.2) is 15.7 Å². The topological polar surface area (TPSA) is 86.9 Å². The van der Waals surface area contributed by atoms with Crippen molar-refractivity contribution in [1.29, 1.82) is 0 Å². The maximum Gasteiger partial charge on any atom is 0.274 e. The molecule has 0 spiro atoms. The monoisotopic (exact) mass is 318 g/mol. The highest BCUT2D eigenvalue weighted by molar-refractivity contribution is 5.99. The van der Waals surface area contributed by atoms with E-state index in [0.29, 0.717) is 17.2 Å². The van der Waals surface area contributed by atoms with Crippen LogP contribution in [0.4, 0.5) is 5.82 Å². The summed E-state index contributed by atoms with van der Waals surface area (Å²) in [5.74, 6) is -0.0695. The van der Waals surface area contributed by atoms with E-state index in [1.54, 1.807) is 0 Å². The number of hydrogen-bond acceptors (Lipinski definition) is 4. The molecular formula is C19H18N4O. The number of carbonyl (C=O) groups excluding carboxylic acids is 1. The van der Waals surface area contributed by atoms with E-state index in [9.17, 15) is 4.79 Å². The van der Waals surface area contributed by atoms with Crippen molar-refractivity contribution in [3.05, 3.63) is 78.0 Å². The molecule has 0 fully saturated rings. The third kappa shape index (κ3) is 2.92. The molecule has 24 heavy (non-hydrogen) atoms. The molecule has 0 amide bonds. The lowest BCUT2D eigenvalue weighted by molar-refractivity contribution is 0.0957. The molecule has 3 aromatic rings. The zero-order chi connectivity index (χ0) is 17.1. The summed E-state index contributed by atoms with van der Waals surface area (Å²) in [6.45, 7) is 1.83. The first-order chi connectivity index (χ1) is 11.6. The second kappa shape index (κ2) is 6.42. The highest BCUT2D eigenvalue weighted by Gasteiger charge is 2.17. The first kappa shape index (κ1) is 15.6. The van der Waals surface area contributed by atoms with Crippen LogP contribution in [0.15, 0.2) is 66.7 Å². The third-order valence-corrected chi connectivity index (χ3v) is 3.75. The minimum atomic E-state index is -0.376. The van der Waals surface area contributed by atoms with Crippen LogP contribution in [0, 0.1) is 6.92 Å². The van der Waals surface area contributed by atoms with Crippen LogP contribution in [0.5, 0.6) is 0 Å². The molecule has 3 rings (SSSR count). The molecule has 5 nitrogen and oxygen atoms in total. The van der Waals surface area contributed by atoms with Gasteiger partial charge < -0.3 is 11.5 Å². The normalized spacial score (nSPS) is 11.5. The fraction of sp³-hybridized carbons (Fsp3) is 0.0526. The van der Waals surface area contributed by atoms with Crippen molar-refractivity contribution in [2.45, 2.75) is 6.92 Å². The maximum absolute atomic E-state index is 12.5. The minimum absolute atomic E-state index is 0.306. The first-order valence-corrected chi connectivity index (χ1v) is 7.55. The lowest BCUT2D eigenvalue weighted by Gasteiger charge is -2.04. The highest BCUT2D eigenvalue weighted by atomic mass is 16.2. The quantitative estimate of drug-likeness (QED) is 0.727. The lowest BCUT2D eigenvalue weighted by atomic mass is 10.1. The SMILES string of the molecule is Cc1nn(C(=O)C=C(N)c2ccccc2)c(N)c1-c1ccccc1. The number of aromatic nitrogens is 2. The minimum Gasteiger partial charge on any atom is -0.398 e. The molecule has 0 aliphatic carbocycles. The van der Waals surface area contributed by atoms with E-state index in [0.717, 1.165) is 16.7 Å². The van der Waals surface area contributed by atoms with Crippen LogP contribution in [0.2, 0.25) is 0 Å². The largest absolute Gasteiger partial charge is 0.398 e. The predicted molar refractivity (Wildman–Crippen MR) is 96.0 cm³/mol. The van der Waals surface area contributed by atoms with Gasteiger partial charge in [0.05, 0.1) is 5.69 Å². The van der Waals surface area contributed by atoms with Crippen molar-refractivity contribution >= 4 is 17.4 Å². The summed E-state index contributed by atoms with van der Waals surface area (Å²) in [4.78, 5) is 12.5. The molecule has 0 aliphatic rings. The molecule has 1 heterocycles. The molecule has 1 aromatic heterocycles. The predicted octanol–water partition coefficient (Wildman–Crippen LogP) is 3.08. The van der Waals surface area contributed by atoms with Gasteiger partial charge in [0.2, 0.25) is 0 Å². The number of carbonyl (C=O) groups is 1. The van der Waals surface area contributed by atoms with Crippen LogP contribution in [0.25, 0.3) is 16.8 Å². The number of nitrogens with two attached hydrogens (primary N) is 2. The van der Waals surface area contributed by atoms with Crippen LogP contribution in [0.1, 0.15) is 16.1 Å². The van der Waals surface area contributed by atoms with Gasteiger partial charge in [-0.25, -0.2) is 0 Å². The van der Waals surface area contributed by atoms with Gasteiger partial charge >= 0.3 is 0 Å². The molecule has 0 radical (unpaired) electrons. The third-order valence-electron chi connectivity index (χ3n) is 3.75. The molecule has 0 bridgehead atoms. The number of allylic oxidation sites excluding steroid dienone is 1. The van der Waals surface area contributed by atoms with Gasteiger partial charge in [-0.15, -0.1) is 0 Å². The molecular weight excluding hydrogens is 300 g/mol. The number of aryl methyl sites for hydroxylation is 1. The molecule has 0 atom stereocenters. The van der Waals surface area contributed by atoms with Crippen LogP contribution in [0.3, 0.4) is 0 Å². The number of anilines is 1. The van der Waals surface area contributed by atoms with Crippen molar-refractivity contribution in [3.8, 4) is 11.1 Å². The molecule has 4 N–H and O–H groups in total. The summed E-state index contributed by atoms with van der Waals surface area (Å²) < 4.78 is 1.19. The van der Waals surface area contributed by atoms with E-state index < -0.39 is 0 Å². The summed E-state index contributed by atoms with van der Waals surface area (Å²) in [5.41, 5.74) is 15.7. The van der Waals surface area contributed by atoms with Crippen LogP contribution < -0.4 is 11.5 Å². The molecule has 0 saturated heterocycles. The zero-order valence-corrected chi connectivity index (χ0v) is 13.3. The Morgan fingerprint density at radius 3 is 2.25 bits per heavy atom. The Labute approximate surface area is 140 Å². The molecule has 2 aromatic carbocycles. The van der Waals surface area contributed by atoms with Crippen molar-refractivity contribution < 1.29 is 4.79 Å². The van der Waals surface area contributed by atoms with Gasteiger partial charge in [-0.2, -0.15) is 9.78 Å². The second-order valence-corrected chi connectivity index (χ2v) is 5.43. The zero-order valence-electron chi connectivity index (χ0n) is 13.3. The Morgan fingerprint density at radius 2 is 1.62 bits per heavy atom. The number of hydrogen-bond donors (Lipinski definition) is 2. The molecule has 5 heteroatoms. The number of nitrogen functional groups attached to an aromatic ring is 1. The van der Waals surface area contributed by atoms with Crippen molar-refractivity contribution in [3.63, 3.8) is 0 Å². The fourth-order valence-electron chi connectivity index (χ4n) is 2.58. The van der Waals surface area contributed by atoms with Crippen molar-refractivity contribution in [1.82, 2.24) is 9.78 Å². The molecule has 120 valence electrons. The van der Waals surface area contributed by atoms with E-state index in [1.165, 1.54) is 10.8 Å². The summed E-state index contributed by atoms with van der Waals surface area (Å²) in [5, 5.41) is 4.28. The van der Waals surface area contributed by atoms with E-state index in [-0.39, 0.29) is 5.91 Å². The van der Waals surface area contributed by atoms with E-state index in [1.807, 2.05) is 67.6 Å². The van der Waals surface area contributed by atoms with Crippen LogP contribution >= 0.6 is 0 Å². The van der Waals surface area contributed by atoms with Gasteiger partial charge in [0, 0.05) is 17.3 Å². The van der Waals surface area contributed by atoms with Gasteiger partial charge in [0.15, 0.2) is 0 Å². The smallest absolute Gasteiger partial charge is 0.274 e. The Morgan fingerprint density at radius 1 is 1.04 bits per heavy atom. The average Bonchev–Trinajstić information content (AvgIpc) is 2.91. The van der Waals surface area contributed by atoms with Crippen molar-refractivity contribution in [2.24, 2.45) is 5.73 Å². The number of nitrogens with zero attached hydrogens (tertiary/aromatic N) is 2. The Balaban J connectivity index is 1.98. The van der Waals surface area contributed by atoms with E-state index in [2.05, 4.69) is 5.10 Å². The summed E-state index contributed by atoms with van der Waals surface area (Å²) in [7, 11) is 0. The standard InChI is InChI=1S/C19H18N4O/c1-13-18(15-10-6-3-7-11-15)19(21)23(22-13)17(24)12-16(20)14-8-4-2-5-9-14/h2-12H,20-21H2,1H3. The van der Waals surface area contributed by atoms with Gasteiger partial charge in [-0.3, -0.25) is 4.79 Å². The molecule has 0 unspecified atom stereocenters. The van der Waals surface area contributed by atoms with Gasteiger partial charge in [-0.05, 0) is 18.1 Å². The van der Waals surface area contributed by atoms with Crippen LogP contribution in [-0.2, 0) is 0 Å². The summed E-state index contributed by atoms with van der Waals surface area (Å²) in [6, 6.07) is 18.9. The van der Waals surface area contributed by atoms with E-state index in [4.69, 9.17) is 11.5 Å². The maximum atomic E-state index is 12.5. The number of rotatable bonds is 3. The lowest BCUT2D eigenvalue weighted by Crippen LogP contribution is -2.14. The fourth-order valence-corrected chi connectivity index (χ4v) is 2.58. The van der Waals surface area contributed by atoms with Crippen molar-refractivity contribution in [2.75, 3.05) is 5.73 Å². The summed E-state index contributed by atoms with van der Waals surface area (Å²) in [6.07, 6.45) is 1.34. The average molecular weight is 318 g/mol. The Hall–Kier alpha value is -3.34. The Bertz CT molecular complexity index is 896. The van der Waals surface area contributed by atoms with Gasteiger partial charge in [0.1, 0.15) is 5.82 Å². The highest BCUT2D eigenvalue weighted by Crippen LogP contribution is 2.29. The summed E-state index contributed by atoms with van der Waals surface area (Å²) >= 11 is 0. The molecule has 0 aliphatic heterocycles. The van der Waals surface area contributed by atoms with E-state index >= 15 is 0 Å². The Kier molecular flexibility index (Phi) is 4.16. The van der Waals surface area contributed by atoms with Gasteiger partial charge in [-0.1, -0.05) is 60.7 Å². The molecule has 0 saturated carbocycles.